The van der Waals surface area contributed by atoms with Crippen LogP contribution in [-0.4, -0.2) is 42.4 Å². The van der Waals surface area contributed by atoms with Crippen LogP contribution in [0.2, 0.25) is 0 Å². The Bertz CT molecular complexity index is 1300. The second-order valence-electron chi connectivity index (χ2n) is 12.8. The average Bonchev–Trinajstić information content (AvgIpc) is 3.56. The summed E-state index contributed by atoms with van der Waals surface area (Å²) in [6.07, 6.45) is 20.1. The van der Waals surface area contributed by atoms with Crippen molar-refractivity contribution in [3.63, 3.8) is 0 Å². The maximum atomic E-state index is 13.7. The van der Waals surface area contributed by atoms with Crippen LogP contribution in [0.5, 0.6) is 23.0 Å². The van der Waals surface area contributed by atoms with Gasteiger partial charge in [-0.3, -0.25) is 9.89 Å². The monoisotopic (exact) mass is 662 g/mol. The SMILES string of the molecule is CCCCCCOc1ccc(C(=O)Cc2[nH]ncc2-c2ccc(OCCCCCC)c(OCCCCCC)c2)cc1OCCCCCC. The maximum absolute atomic E-state index is 13.7. The summed E-state index contributed by atoms with van der Waals surface area (Å²) in [6, 6.07) is 11.6. The maximum Gasteiger partial charge on any atom is 0.168 e. The predicted molar refractivity (Wildman–Crippen MR) is 197 cm³/mol. The van der Waals surface area contributed by atoms with E-state index in [0.717, 1.165) is 79.7 Å². The molecule has 48 heavy (non-hydrogen) atoms. The molecule has 0 unspecified atom stereocenters. The van der Waals surface area contributed by atoms with Crippen molar-refractivity contribution in [3.8, 4) is 34.1 Å². The number of rotatable bonds is 28. The van der Waals surface area contributed by atoms with E-state index in [-0.39, 0.29) is 12.2 Å². The van der Waals surface area contributed by atoms with Crippen molar-refractivity contribution in [1.82, 2.24) is 10.2 Å². The minimum atomic E-state index is -0.00902. The van der Waals surface area contributed by atoms with Gasteiger partial charge >= 0.3 is 0 Å². The van der Waals surface area contributed by atoms with Crippen molar-refractivity contribution < 1.29 is 23.7 Å². The van der Waals surface area contributed by atoms with Crippen molar-refractivity contribution in [2.24, 2.45) is 0 Å². The fourth-order valence-electron chi connectivity index (χ4n) is 5.62. The highest BCUT2D eigenvalue weighted by atomic mass is 16.5. The van der Waals surface area contributed by atoms with Crippen molar-refractivity contribution >= 4 is 5.78 Å². The number of benzene rings is 2. The molecule has 266 valence electrons. The van der Waals surface area contributed by atoms with E-state index in [1.165, 1.54) is 51.4 Å². The molecular weight excluding hydrogens is 600 g/mol. The summed E-state index contributed by atoms with van der Waals surface area (Å²) in [5, 5.41) is 7.41. The molecular formula is C41H62N2O5. The van der Waals surface area contributed by atoms with Crippen LogP contribution in [-0.2, 0) is 6.42 Å². The highest BCUT2D eigenvalue weighted by molar-refractivity contribution is 5.98. The number of carbonyl (C=O) groups is 1. The van der Waals surface area contributed by atoms with Crippen LogP contribution in [0.3, 0.4) is 0 Å². The molecule has 1 heterocycles. The number of nitrogens with one attached hydrogen (secondary N) is 1. The Morgan fingerprint density at radius 3 is 1.52 bits per heavy atom. The average molecular weight is 663 g/mol. The minimum Gasteiger partial charge on any atom is -0.490 e. The van der Waals surface area contributed by atoms with E-state index in [9.17, 15) is 4.79 Å². The van der Waals surface area contributed by atoms with Crippen LogP contribution in [0.15, 0.2) is 42.6 Å². The number of hydrogen-bond donors (Lipinski definition) is 1. The molecule has 0 amide bonds. The molecule has 7 nitrogen and oxygen atoms in total. The lowest BCUT2D eigenvalue weighted by Gasteiger charge is -2.15. The van der Waals surface area contributed by atoms with Crippen LogP contribution in [0.1, 0.15) is 146 Å². The molecule has 1 aromatic heterocycles. The van der Waals surface area contributed by atoms with Gasteiger partial charge in [0.15, 0.2) is 28.8 Å². The summed E-state index contributed by atoms with van der Waals surface area (Å²) in [5.74, 6) is 2.84. The summed E-state index contributed by atoms with van der Waals surface area (Å²) in [7, 11) is 0. The molecule has 0 fully saturated rings. The summed E-state index contributed by atoms with van der Waals surface area (Å²) in [6.45, 7) is 11.4. The number of carbonyl (C=O) groups excluding carboxylic acids is 1. The molecule has 1 N–H and O–H groups in total. The molecule has 0 aliphatic rings. The number of hydrogen-bond acceptors (Lipinski definition) is 6. The van der Waals surface area contributed by atoms with Crippen molar-refractivity contribution in [3.05, 3.63) is 53.9 Å². The zero-order chi connectivity index (χ0) is 34.2. The predicted octanol–water partition coefficient (Wildman–Crippen LogP) is 11.3. The largest absolute Gasteiger partial charge is 0.490 e. The van der Waals surface area contributed by atoms with Crippen LogP contribution in [0.4, 0.5) is 0 Å². The summed E-state index contributed by atoms with van der Waals surface area (Å²) < 4.78 is 24.7. The summed E-state index contributed by atoms with van der Waals surface area (Å²) in [4.78, 5) is 13.7. The highest BCUT2D eigenvalue weighted by Gasteiger charge is 2.18. The molecule has 0 spiro atoms. The highest BCUT2D eigenvalue weighted by Crippen LogP contribution is 2.35. The molecule has 0 bridgehead atoms. The Labute approximate surface area is 290 Å². The summed E-state index contributed by atoms with van der Waals surface area (Å²) >= 11 is 0. The van der Waals surface area contributed by atoms with Crippen molar-refractivity contribution in [2.75, 3.05) is 26.4 Å². The van der Waals surface area contributed by atoms with E-state index in [2.05, 4.69) is 37.9 Å². The lowest BCUT2D eigenvalue weighted by atomic mass is 10.00. The Morgan fingerprint density at radius 1 is 0.562 bits per heavy atom. The van der Waals surface area contributed by atoms with Crippen LogP contribution in [0.25, 0.3) is 11.1 Å². The number of unbranched alkanes of at least 4 members (excludes halogenated alkanes) is 12. The number of aromatic nitrogens is 2. The van der Waals surface area contributed by atoms with Gasteiger partial charge in [-0.05, 0) is 61.6 Å². The zero-order valence-electron chi connectivity index (χ0n) is 30.4. The van der Waals surface area contributed by atoms with E-state index in [0.29, 0.717) is 43.5 Å². The van der Waals surface area contributed by atoms with Gasteiger partial charge in [0.25, 0.3) is 0 Å². The van der Waals surface area contributed by atoms with Crippen LogP contribution < -0.4 is 18.9 Å². The van der Waals surface area contributed by atoms with E-state index in [4.69, 9.17) is 18.9 Å². The molecule has 2 aromatic carbocycles. The molecule has 0 aliphatic heterocycles. The van der Waals surface area contributed by atoms with Gasteiger partial charge in [0.2, 0.25) is 0 Å². The van der Waals surface area contributed by atoms with E-state index in [1.807, 2.05) is 36.4 Å². The summed E-state index contributed by atoms with van der Waals surface area (Å²) in [5.41, 5.74) is 3.19. The first kappa shape index (κ1) is 39.0. The number of ketones is 1. The van der Waals surface area contributed by atoms with Gasteiger partial charge in [-0.25, -0.2) is 0 Å². The Morgan fingerprint density at radius 2 is 1.02 bits per heavy atom. The molecule has 0 aliphatic carbocycles. The molecule has 7 heteroatoms. The van der Waals surface area contributed by atoms with E-state index in [1.54, 1.807) is 6.20 Å². The topological polar surface area (TPSA) is 82.7 Å². The van der Waals surface area contributed by atoms with Crippen LogP contribution in [0, 0.1) is 0 Å². The lowest BCUT2D eigenvalue weighted by molar-refractivity contribution is 0.0991. The van der Waals surface area contributed by atoms with Crippen molar-refractivity contribution in [1.29, 1.82) is 0 Å². The first-order valence-corrected chi connectivity index (χ1v) is 19.0. The van der Waals surface area contributed by atoms with E-state index < -0.39 is 0 Å². The molecule has 0 radical (unpaired) electrons. The smallest absolute Gasteiger partial charge is 0.168 e. The fraction of sp³-hybridized carbons (Fsp3) is 0.610. The van der Waals surface area contributed by atoms with Gasteiger partial charge in [0.1, 0.15) is 0 Å². The quantitative estimate of drug-likeness (QED) is 0.0615. The third kappa shape index (κ3) is 13.9. The normalized spacial score (nSPS) is 11.1. The third-order valence-electron chi connectivity index (χ3n) is 8.60. The lowest BCUT2D eigenvalue weighted by Crippen LogP contribution is -2.08. The van der Waals surface area contributed by atoms with E-state index >= 15 is 0 Å². The molecule has 0 saturated heterocycles. The standard InChI is InChI=1S/C41H62N2O5/c1-5-9-13-17-25-45-38-23-21-33(29-40(38)47-27-19-15-11-7-3)35-32-42-43-36(35)31-37(44)34-22-24-39(46-26-18-14-10-6-2)41(30-34)48-28-20-16-12-8-4/h21-24,29-30,32H,5-20,25-28,31H2,1-4H3,(H,42,43). The second kappa shape index (κ2) is 23.8. The Balaban J connectivity index is 1.74. The Hall–Kier alpha value is -3.48. The van der Waals surface area contributed by atoms with Gasteiger partial charge < -0.3 is 18.9 Å². The number of aromatic amines is 1. The first-order chi connectivity index (χ1) is 23.6. The van der Waals surface area contributed by atoms with Crippen LogP contribution >= 0.6 is 0 Å². The number of H-pyrrole nitrogens is 1. The zero-order valence-corrected chi connectivity index (χ0v) is 30.4. The first-order valence-electron chi connectivity index (χ1n) is 19.0. The number of Topliss-reactive ketones (excluding diaryl/α,β-unsaturated/α-hetero) is 1. The number of ether oxygens (including phenoxy) is 4. The molecule has 3 aromatic rings. The van der Waals surface area contributed by atoms with Gasteiger partial charge in [0.05, 0.1) is 44.7 Å². The molecule has 0 saturated carbocycles. The van der Waals surface area contributed by atoms with Gasteiger partial charge in [-0.15, -0.1) is 0 Å². The van der Waals surface area contributed by atoms with Crippen molar-refractivity contribution in [2.45, 2.75) is 137 Å². The second-order valence-corrected chi connectivity index (χ2v) is 12.8. The Kier molecular flexibility index (Phi) is 19.3. The number of nitrogens with zero attached hydrogens (tertiary/aromatic N) is 1. The molecule has 0 atom stereocenters. The minimum absolute atomic E-state index is 0.00902. The van der Waals surface area contributed by atoms with Gasteiger partial charge in [-0.1, -0.05) is 111 Å². The van der Waals surface area contributed by atoms with Gasteiger partial charge in [0, 0.05) is 11.1 Å². The van der Waals surface area contributed by atoms with Gasteiger partial charge in [-0.2, -0.15) is 5.10 Å². The third-order valence-corrected chi connectivity index (χ3v) is 8.60. The molecule has 3 rings (SSSR count). The fourth-order valence-corrected chi connectivity index (χ4v) is 5.62.